The zero-order chi connectivity index (χ0) is 16.0. The van der Waals surface area contributed by atoms with Gasteiger partial charge in [0.05, 0.1) is 0 Å². The van der Waals surface area contributed by atoms with Gasteiger partial charge in [-0.25, -0.2) is 0 Å². The molecular weight excluding hydrogens is 426 g/mol. The van der Waals surface area contributed by atoms with Crippen LogP contribution in [0.15, 0.2) is 51.9 Å². The van der Waals surface area contributed by atoms with Crippen LogP contribution in [0.3, 0.4) is 0 Å². The number of allylic oxidation sites excluding steroid dienone is 6. The Balaban J connectivity index is 0.00000113. The van der Waals surface area contributed by atoms with Crippen LogP contribution in [0, 0.1) is 5.41 Å². The molecule has 3 heteroatoms. The number of hydrogen-bond donors (Lipinski definition) is 0. The predicted molar refractivity (Wildman–Crippen MR) is 97.3 cm³/mol. The topological polar surface area (TPSA) is 0 Å². The van der Waals surface area contributed by atoms with Crippen molar-refractivity contribution in [2.45, 2.75) is 50.1 Å². The minimum absolute atomic E-state index is 0. The van der Waals surface area contributed by atoms with Crippen LogP contribution in [0.25, 0.3) is 5.57 Å². The molecule has 4 rings (SSSR count). The Morgan fingerprint density at radius 3 is 2.32 bits per heavy atom. The van der Waals surface area contributed by atoms with E-state index in [-0.39, 0.29) is 30.2 Å². The zero-order valence-electron chi connectivity index (χ0n) is 15.3. The van der Waals surface area contributed by atoms with E-state index in [1.807, 2.05) is 6.49 Å². The van der Waals surface area contributed by atoms with E-state index in [1.54, 1.807) is 11.1 Å². The van der Waals surface area contributed by atoms with Crippen LogP contribution in [0.1, 0.15) is 61.2 Å². The van der Waals surface area contributed by atoms with E-state index in [1.165, 1.54) is 31.2 Å². The first-order valence-electron chi connectivity index (χ1n) is 8.95. The van der Waals surface area contributed by atoms with Crippen molar-refractivity contribution in [2.75, 3.05) is 0 Å². The molecule has 1 unspecified atom stereocenters. The van der Waals surface area contributed by atoms with Crippen LogP contribution in [-0.4, -0.2) is 3.21 Å². The summed E-state index contributed by atoms with van der Waals surface area (Å²) < 4.78 is 4.55. The predicted octanol–water partition coefficient (Wildman–Crippen LogP) is -0.00290. The Kier molecular flexibility index (Phi) is 6.91. The molecule has 1 atom stereocenters. The summed E-state index contributed by atoms with van der Waals surface area (Å²) in [5, 5.41) is 0. The normalized spacial score (nSPS) is 20.4. The van der Waals surface area contributed by atoms with Crippen molar-refractivity contribution >= 4 is 8.78 Å². The van der Waals surface area contributed by atoms with Crippen LogP contribution >= 0.6 is 0 Å². The van der Waals surface area contributed by atoms with Crippen LogP contribution in [0.2, 0.25) is 0 Å². The molecule has 1 fully saturated rings. The first-order valence-corrected chi connectivity index (χ1v) is 12.8. The quantitative estimate of drug-likeness (QED) is 0.593. The van der Waals surface area contributed by atoms with E-state index >= 15 is 0 Å². The van der Waals surface area contributed by atoms with Crippen molar-refractivity contribution in [1.82, 2.24) is 0 Å². The number of halogens is 2. The molecule has 1 saturated carbocycles. The Bertz CT molecular complexity index is 769. The summed E-state index contributed by atoms with van der Waals surface area (Å²) in [6, 6.07) is 9.24. The van der Waals surface area contributed by atoms with Gasteiger partial charge in [-0.3, -0.25) is 0 Å². The number of hydrogen-bond acceptors (Lipinski definition) is 0. The fourth-order valence-electron chi connectivity index (χ4n) is 4.17. The zero-order valence-corrected chi connectivity index (χ0v) is 19.3. The SMILES string of the molecule is CC(C)(C)C1=C[CH]([Zr+2]([C]2=CC=CC2)=[C]2CCC2)c2ccccc21.[Cl-].[Cl-]. The number of fused-ring (bicyclic) bond motifs is 1. The van der Waals surface area contributed by atoms with Crippen LogP contribution in [0.5, 0.6) is 0 Å². The Labute approximate surface area is 172 Å². The summed E-state index contributed by atoms with van der Waals surface area (Å²) in [6.07, 6.45) is 15.3. The molecule has 0 spiro atoms. The van der Waals surface area contributed by atoms with Crippen molar-refractivity contribution < 1.29 is 46.1 Å². The Morgan fingerprint density at radius 1 is 1.04 bits per heavy atom. The molecule has 0 bridgehead atoms. The van der Waals surface area contributed by atoms with Gasteiger partial charge >= 0.3 is 149 Å². The summed E-state index contributed by atoms with van der Waals surface area (Å²) in [4.78, 5) is 0. The van der Waals surface area contributed by atoms with E-state index in [0.29, 0.717) is 0 Å². The van der Waals surface area contributed by atoms with Gasteiger partial charge in [-0.1, -0.05) is 0 Å². The van der Waals surface area contributed by atoms with Gasteiger partial charge in [0.2, 0.25) is 0 Å². The maximum absolute atomic E-state index is 2.68. The standard InChI is InChI=1S/C13H15.C5H5.C4H6.2ClH.Zr/c1-13(2,3)12-9-8-10-6-4-5-7-11(10)12;1-2-4-5-3-1;1-2-4-3-1;;;/h4-9H,1-3H3;1-3H,4H2;1-3H2;2*1H;/q;;;;;+2/p-2. The monoisotopic (exact) mass is 450 g/mol. The average molecular weight is 453 g/mol. The Hall–Kier alpha value is -0.227. The van der Waals surface area contributed by atoms with Gasteiger partial charge < -0.3 is 24.8 Å². The summed E-state index contributed by atoms with van der Waals surface area (Å²) in [6.45, 7) is 7.11. The van der Waals surface area contributed by atoms with Gasteiger partial charge in [-0.05, 0) is 0 Å². The van der Waals surface area contributed by atoms with Gasteiger partial charge in [-0.15, -0.1) is 0 Å². The second kappa shape index (κ2) is 8.20. The van der Waals surface area contributed by atoms with Gasteiger partial charge in [0.15, 0.2) is 0 Å². The third kappa shape index (κ3) is 3.90. The Morgan fingerprint density at radius 2 is 1.76 bits per heavy atom. The fraction of sp³-hybridized carbons (Fsp3) is 0.409. The second-order valence-electron chi connectivity index (χ2n) is 8.09. The summed E-state index contributed by atoms with van der Waals surface area (Å²) >= 11 is -1.75. The van der Waals surface area contributed by atoms with E-state index in [0.717, 1.165) is 3.63 Å². The van der Waals surface area contributed by atoms with Gasteiger partial charge in [0.1, 0.15) is 0 Å². The van der Waals surface area contributed by atoms with Crippen LogP contribution < -0.4 is 24.8 Å². The van der Waals surface area contributed by atoms with Crippen LogP contribution in [0.4, 0.5) is 0 Å². The molecule has 1 aromatic rings. The fourth-order valence-corrected chi connectivity index (χ4v) is 13.3. The van der Waals surface area contributed by atoms with Gasteiger partial charge in [0, 0.05) is 0 Å². The van der Waals surface area contributed by atoms with E-state index < -0.39 is 21.3 Å². The van der Waals surface area contributed by atoms with Crippen molar-refractivity contribution in [3.05, 3.63) is 63.0 Å². The van der Waals surface area contributed by atoms with Crippen LogP contribution in [-0.2, 0) is 21.3 Å². The molecule has 0 heterocycles. The molecule has 0 N–H and O–H groups in total. The molecule has 0 radical (unpaired) electrons. The molecule has 25 heavy (non-hydrogen) atoms. The van der Waals surface area contributed by atoms with Gasteiger partial charge in [0.25, 0.3) is 0 Å². The minimum atomic E-state index is -1.75. The molecule has 0 nitrogen and oxygen atoms in total. The first-order chi connectivity index (χ1) is 11.1. The molecule has 3 aliphatic carbocycles. The maximum atomic E-state index is 2.68. The number of benzene rings is 1. The molecule has 0 aliphatic heterocycles. The second-order valence-corrected chi connectivity index (χ2v) is 15.0. The van der Waals surface area contributed by atoms with E-state index in [2.05, 4.69) is 69.3 Å². The van der Waals surface area contributed by atoms with Crippen molar-refractivity contribution in [1.29, 1.82) is 0 Å². The molecule has 0 amide bonds. The third-order valence-electron chi connectivity index (χ3n) is 5.49. The van der Waals surface area contributed by atoms with Crippen molar-refractivity contribution in [2.24, 2.45) is 5.41 Å². The first kappa shape index (κ1) is 21.1. The smallest absolute Gasteiger partial charge is 1.00 e. The summed E-state index contributed by atoms with van der Waals surface area (Å²) in [7, 11) is 0. The molecule has 132 valence electrons. The summed E-state index contributed by atoms with van der Waals surface area (Å²) in [5.41, 5.74) is 5.00. The molecular formula is C22H26Cl2Zr. The van der Waals surface area contributed by atoms with Crippen molar-refractivity contribution in [3.63, 3.8) is 0 Å². The molecule has 0 saturated heterocycles. The summed E-state index contributed by atoms with van der Waals surface area (Å²) in [5.74, 6) is 0. The maximum Gasteiger partial charge on any atom is -1.00 e. The van der Waals surface area contributed by atoms with E-state index in [4.69, 9.17) is 0 Å². The molecule has 3 aliphatic rings. The molecule has 0 aromatic heterocycles. The van der Waals surface area contributed by atoms with Crippen molar-refractivity contribution in [3.8, 4) is 0 Å². The number of rotatable bonds is 2. The minimum Gasteiger partial charge on any atom is -1.00 e. The third-order valence-corrected chi connectivity index (χ3v) is 13.9. The van der Waals surface area contributed by atoms with Gasteiger partial charge in [-0.2, -0.15) is 0 Å². The molecule has 1 aromatic carbocycles. The van der Waals surface area contributed by atoms with E-state index in [9.17, 15) is 0 Å². The largest absolute Gasteiger partial charge is 1.00 e. The average Bonchev–Trinajstić information content (AvgIpc) is 3.10.